The van der Waals surface area contributed by atoms with Gasteiger partial charge < -0.3 is 19.3 Å². The predicted molar refractivity (Wildman–Crippen MR) is 80.8 cm³/mol. The number of carbonyl (C=O) groups excluding carboxylic acids is 1. The smallest absolute Gasteiger partial charge is 0.351 e. The van der Waals surface area contributed by atoms with E-state index in [4.69, 9.17) is 14.2 Å². The highest BCUT2D eigenvalue weighted by molar-refractivity contribution is 5.72. The van der Waals surface area contributed by atoms with E-state index in [1.165, 1.54) is 0 Å². The van der Waals surface area contributed by atoms with Crippen LogP contribution in [-0.4, -0.2) is 54.5 Å². The molecule has 1 saturated heterocycles. The van der Waals surface area contributed by atoms with Crippen LogP contribution in [0.15, 0.2) is 0 Å². The van der Waals surface area contributed by atoms with Crippen molar-refractivity contribution in [2.45, 2.75) is 64.6 Å². The minimum atomic E-state index is -1.62. The van der Waals surface area contributed by atoms with Crippen molar-refractivity contribution in [2.75, 3.05) is 26.3 Å². The van der Waals surface area contributed by atoms with Crippen molar-refractivity contribution >= 4 is 5.97 Å². The summed E-state index contributed by atoms with van der Waals surface area (Å²) in [4.78, 5) is 13.6. The van der Waals surface area contributed by atoms with Gasteiger partial charge in [0.25, 0.3) is 0 Å². The average Bonchev–Trinajstić information content (AvgIpc) is 3.03. The van der Waals surface area contributed by atoms with Gasteiger partial charge in [-0.05, 0) is 52.4 Å². The van der Waals surface area contributed by atoms with E-state index in [1.54, 1.807) is 0 Å². The van der Waals surface area contributed by atoms with Crippen molar-refractivity contribution in [1.29, 1.82) is 0 Å². The lowest BCUT2D eigenvalue weighted by Gasteiger charge is -2.39. The standard InChI is InChI=1S/C16H29NO5/c1-3-20-15(18)13-7-9-14(10-8-13)22-16(19,21-4-2)17-11-5-6-12-17/h13-14,19H,3-12H2,1-2H3. The number of rotatable bonds is 7. The number of hydrogen-bond donors (Lipinski definition) is 1. The molecule has 0 bridgehead atoms. The topological polar surface area (TPSA) is 68.2 Å². The molecule has 6 nitrogen and oxygen atoms in total. The van der Waals surface area contributed by atoms with Crippen molar-refractivity contribution in [3.05, 3.63) is 0 Å². The highest BCUT2D eigenvalue weighted by Gasteiger charge is 2.42. The van der Waals surface area contributed by atoms with Crippen LogP contribution in [0, 0.1) is 5.92 Å². The third-order valence-electron chi connectivity index (χ3n) is 4.45. The van der Waals surface area contributed by atoms with E-state index in [1.807, 2.05) is 18.7 Å². The van der Waals surface area contributed by atoms with Crippen LogP contribution in [0.1, 0.15) is 52.4 Å². The van der Waals surface area contributed by atoms with Crippen LogP contribution in [0.4, 0.5) is 0 Å². The molecule has 0 radical (unpaired) electrons. The summed E-state index contributed by atoms with van der Waals surface area (Å²) in [5, 5.41) is 10.7. The van der Waals surface area contributed by atoms with Crippen molar-refractivity contribution < 1.29 is 24.1 Å². The Labute approximate surface area is 132 Å². The first-order valence-corrected chi connectivity index (χ1v) is 8.55. The normalized spacial score (nSPS) is 29.2. The number of ether oxygens (including phenoxy) is 3. The monoisotopic (exact) mass is 315 g/mol. The first-order chi connectivity index (χ1) is 10.6. The minimum absolute atomic E-state index is 0.0354. The molecule has 0 spiro atoms. The molecule has 1 atom stereocenters. The van der Waals surface area contributed by atoms with Gasteiger partial charge in [-0.1, -0.05) is 0 Å². The molecular formula is C16H29NO5. The van der Waals surface area contributed by atoms with E-state index in [0.29, 0.717) is 13.2 Å². The quantitative estimate of drug-likeness (QED) is 0.571. The second-order valence-corrected chi connectivity index (χ2v) is 6.02. The van der Waals surface area contributed by atoms with Crippen LogP contribution in [-0.2, 0) is 19.0 Å². The summed E-state index contributed by atoms with van der Waals surface area (Å²) in [5.41, 5.74) is 0. The Balaban J connectivity index is 1.85. The lowest BCUT2D eigenvalue weighted by molar-refractivity contribution is -0.439. The van der Waals surface area contributed by atoms with Gasteiger partial charge in [0.2, 0.25) is 0 Å². The van der Waals surface area contributed by atoms with E-state index < -0.39 is 6.10 Å². The maximum absolute atomic E-state index is 11.8. The Bertz CT molecular complexity index is 350. The van der Waals surface area contributed by atoms with Crippen molar-refractivity contribution in [3.63, 3.8) is 0 Å². The number of likely N-dealkylation sites (tertiary alicyclic amines) is 1. The summed E-state index contributed by atoms with van der Waals surface area (Å²) in [7, 11) is 0. The molecule has 1 heterocycles. The maximum atomic E-state index is 11.8. The molecule has 1 aliphatic heterocycles. The summed E-state index contributed by atoms with van der Waals surface area (Å²) in [6, 6.07) is 0. The predicted octanol–water partition coefficient (Wildman–Crippen LogP) is 1.86. The Morgan fingerprint density at radius 2 is 1.77 bits per heavy atom. The largest absolute Gasteiger partial charge is 0.466 e. The van der Waals surface area contributed by atoms with Crippen LogP contribution in [0.25, 0.3) is 0 Å². The van der Waals surface area contributed by atoms with E-state index in [-0.39, 0.29) is 18.0 Å². The zero-order valence-corrected chi connectivity index (χ0v) is 13.8. The molecule has 0 aromatic rings. The summed E-state index contributed by atoms with van der Waals surface area (Å²) in [6.07, 6.45) is 3.37. The molecule has 0 aromatic heterocycles. The molecule has 128 valence electrons. The summed E-state index contributed by atoms with van der Waals surface area (Å²) >= 11 is 0. The second kappa shape index (κ2) is 8.24. The summed E-state index contributed by atoms with van der Waals surface area (Å²) < 4.78 is 16.5. The molecule has 0 amide bonds. The summed E-state index contributed by atoms with van der Waals surface area (Å²) in [5.74, 6) is -0.146. The van der Waals surface area contributed by atoms with Gasteiger partial charge in [-0.2, -0.15) is 0 Å². The lowest BCUT2D eigenvalue weighted by atomic mass is 9.87. The number of carbonyl (C=O) groups is 1. The SMILES string of the molecule is CCOC(=O)C1CCC(OC(O)(OCC)N2CCCC2)CC1. The van der Waals surface area contributed by atoms with Gasteiger partial charge in [0.1, 0.15) is 0 Å². The molecule has 22 heavy (non-hydrogen) atoms. The molecule has 6 heteroatoms. The van der Waals surface area contributed by atoms with E-state index in [9.17, 15) is 9.90 Å². The zero-order chi connectivity index (χ0) is 16.0. The molecule has 1 unspecified atom stereocenters. The van der Waals surface area contributed by atoms with Crippen LogP contribution < -0.4 is 0 Å². The molecule has 1 N–H and O–H groups in total. The molecule has 2 aliphatic rings. The van der Waals surface area contributed by atoms with Crippen LogP contribution in [0.5, 0.6) is 0 Å². The van der Waals surface area contributed by atoms with Crippen molar-refractivity contribution in [1.82, 2.24) is 4.90 Å². The molecular weight excluding hydrogens is 286 g/mol. The van der Waals surface area contributed by atoms with Gasteiger partial charge in [0, 0.05) is 13.1 Å². The van der Waals surface area contributed by atoms with E-state index >= 15 is 0 Å². The van der Waals surface area contributed by atoms with Gasteiger partial charge in [-0.25, -0.2) is 4.90 Å². The fraction of sp³-hybridized carbons (Fsp3) is 0.938. The molecule has 2 rings (SSSR count). The molecule has 0 aromatic carbocycles. The Kier molecular flexibility index (Phi) is 6.62. The van der Waals surface area contributed by atoms with Crippen molar-refractivity contribution in [3.8, 4) is 0 Å². The lowest BCUT2D eigenvalue weighted by Crippen LogP contribution is -2.54. The van der Waals surface area contributed by atoms with Crippen molar-refractivity contribution in [2.24, 2.45) is 5.92 Å². The van der Waals surface area contributed by atoms with Crippen LogP contribution >= 0.6 is 0 Å². The maximum Gasteiger partial charge on any atom is 0.351 e. The van der Waals surface area contributed by atoms with E-state index in [0.717, 1.165) is 51.6 Å². The minimum Gasteiger partial charge on any atom is -0.466 e. The highest BCUT2D eigenvalue weighted by Crippen LogP contribution is 2.32. The third kappa shape index (κ3) is 4.41. The second-order valence-electron chi connectivity index (χ2n) is 6.02. The fourth-order valence-electron chi connectivity index (χ4n) is 3.28. The third-order valence-corrected chi connectivity index (χ3v) is 4.45. The van der Waals surface area contributed by atoms with Gasteiger partial charge >= 0.3 is 12.1 Å². The highest BCUT2D eigenvalue weighted by atomic mass is 16.8. The number of aliphatic hydroxyl groups is 1. The Hall–Kier alpha value is -0.690. The number of esters is 1. The average molecular weight is 315 g/mol. The van der Waals surface area contributed by atoms with Crippen LogP contribution in [0.3, 0.4) is 0 Å². The fourth-order valence-corrected chi connectivity index (χ4v) is 3.28. The van der Waals surface area contributed by atoms with E-state index in [2.05, 4.69) is 0 Å². The Morgan fingerprint density at radius 3 is 2.32 bits per heavy atom. The van der Waals surface area contributed by atoms with Gasteiger partial charge in [0.05, 0.1) is 25.2 Å². The zero-order valence-electron chi connectivity index (χ0n) is 13.8. The first kappa shape index (κ1) is 17.7. The van der Waals surface area contributed by atoms with Crippen LogP contribution in [0.2, 0.25) is 0 Å². The summed E-state index contributed by atoms with van der Waals surface area (Å²) in [6.45, 7) is 6.07. The van der Waals surface area contributed by atoms with Gasteiger partial charge in [0.15, 0.2) is 0 Å². The number of hydrogen-bond acceptors (Lipinski definition) is 6. The molecule has 1 saturated carbocycles. The van der Waals surface area contributed by atoms with Gasteiger partial charge in [-0.15, -0.1) is 0 Å². The Morgan fingerprint density at radius 1 is 1.14 bits per heavy atom. The molecule has 1 aliphatic carbocycles. The van der Waals surface area contributed by atoms with Gasteiger partial charge in [-0.3, -0.25) is 4.79 Å². The first-order valence-electron chi connectivity index (χ1n) is 8.55. The number of nitrogens with zero attached hydrogens (tertiary/aromatic N) is 1. The molecule has 2 fully saturated rings.